The molecule has 0 unspecified atom stereocenters. The van der Waals surface area contributed by atoms with Crippen LogP contribution in [-0.2, 0) is 11.2 Å². The first kappa shape index (κ1) is 15.0. The van der Waals surface area contributed by atoms with Gasteiger partial charge in [-0.1, -0.05) is 30.7 Å². The van der Waals surface area contributed by atoms with Gasteiger partial charge < -0.3 is 10.2 Å². The Morgan fingerprint density at radius 2 is 1.94 bits per heavy atom. The van der Waals surface area contributed by atoms with Crippen molar-refractivity contribution < 1.29 is 4.79 Å². The van der Waals surface area contributed by atoms with Gasteiger partial charge in [-0.15, -0.1) is 0 Å². The third kappa shape index (κ3) is 6.03. The summed E-state index contributed by atoms with van der Waals surface area (Å²) in [5.41, 5.74) is 0.983. The van der Waals surface area contributed by atoms with Crippen molar-refractivity contribution in [3.63, 3.8) is 0 Å². The van der Waals surface area contributed by atoms with E-state index in [1.165, 1.54) is 0 Å². The van der Waals surface area contributed by atoms with Crippen LogP contribution in [0.2, 0.25) is 5.02 Å². The molecule has 0 heterocycles. The maximum absolute atomic E-state index is 11.7. The van der Waals surface area contributed by atoms with Crippen LogP contribution in [0.5, 0.6) is 0 Å². The first-order valence-electron chi connectivity index (χ1n) is 6.13. The van der Waals surface area contributed by atoms with Crippen molar-refractivity contribution in [2.45, 2.75) is 13.3 Å². The van der Waals surface area contributed by atoms with Gasteiger partial charge in [0.2, 0.25) is 5.91 Å². The van der Waals surface area contributed by atoms with Crippen LogP contribution < -0.4 is 5.32 Å². The molecule has 0 saturated carbocycles. The maximum atomic E-state index is 11.7. The Kier molecular flexibility index (Phi) is 6.16. The minimum absolute atomic E-state index is 0.0583. The van der Waals surface area contributed by atoms with Crippen LogP contribution in [0.1, 0.15) is 12.5 Å². The van der Waals surface area contributed by atoms with Crippen molar-refractivity contribution in [3.05, 3.63) is 34.9 Å². The van der Waals surface area contributed by atoms with E-state index in [0.29, 0.717) is 23.9 Å². The molecule has 0 saturated heterocycles. The molecular formula is C14H21ClN2O. The summed E-state index contributed by atoms with van der Waals surface area (Å²) >= 11 is 5.79. The van der Waals surface area contributed by atoms with Gasteiger partial charge in [0.25, 0.3) is 0 Å². The van der Waals surface area contributed by atoms with Gasteiger partial charge in [0.05, 0.1) is 6.42 Å². The lowest BCUT2D eigenvalue weighted by Gasteiger charge is -2.17. The fraction of sp³-hybridized carbons (Fsp3) is 0.500. The van der Waals surface area contributed by atoms with Crippen LogP contribution in [-0.4, -0.2) is 38.0 Å². The molecule has 0 bridgehead atoms. The summed E-state index contributed by atoms with van der Waals surface area (Å²) in [5.74, 6) is 0.511. The Morgan fingerprint density at radius 1 is 1.33 bits per heavy atom. The average molecular weight is 269 g/mol. The van der Waals surface area contributed by atoms with Crippen molar-refractivity contribution in [2.24, 2.45) is 5.92 Å². The van der Waals surface area contributed by atoms with Crippen molar-refractivity contribution in [2.75, 3.05) is 27.2 Å². The van der Waals surface area contributed by atoms with E-state index in [4.69, 9.17) is 11.6 Å². The Balaban J connectivity index is 2.31. The van der Waals surface area contributed by atoms with Crippen LogP contribution >= 0.6 is 11.6 Å². The number of nitrogens with zero attached hydrogens (tertiary/aromatic N) is 1. The van der Waals surface area contributed by atoms with E-state index in [9.17, 15) is 4.79 Å². The van der Waals surface area contributed by atoms with Crippen molar-refractivity contribution in [3.8, 4) is 0 Å². The second kappa shape index (κ2) is 7.39. The van der Waals surface area contributed by atoms with E-state index >= 15 is 0 Å². The third-order valence-corrected chi connectivity index (χ3v) is 2.85. The van der Waals surface area contributed by atoms with E-state index < -0.39 is 0 Å². The zero-order valence-electron chi connectivity index (χ0n) is 11.2. The van der Waals surface area contributed by atoms with Crippen LogP contribution in [0.15, 0.2) is 24.3 Å². The van der Waals surface area contributed by atoms with Crippen LogP contribution in [0.25, 0.3) is 0 Å². The largest absolute Gasteiger partial charge is 0.355 e. The Bertz CT molecular complexity index is 376. The molecular weight excluding hydrogens is 248 g/mol. The number of halogens is 1. The fourth-order valence-electron chi connectivity index (χ4n) is 1.83. The normalized spacial score (nSPS) is 12.5. The Labute approximate surface area is 114 Å². The summed E-state index contributed by atoms with van der Waals surface area (Å²) in [6.07, 6.45) is 0.409. The molecule has 1 amide bonds. The molecule has 0 aliphatic carbocycles. The van der Waals surface area contributed by atoms with E-state index in [-0.39, 0.29) is 5.91 Å². The van der Waals surface area contributed by atoms with E-state index in [1.807, 2.05) is 26.2 Å². The molecule has 18 heavy (non-hydrogen) atoms. The highest BCUT2D eigenvalue weighted by Crippen LogP contribution is 2.09. The quantitative estimate of drug-likeness (QED) is 0.858. The van der Waals surface area contributed by atoms with Gasteiger partial charge in [0, 0.05) is 18.1 Å². The van der Waals surface area contributed by atoms with Gasteiger partial charge >= 0.3 is 0 Å². The molecule has 1 aromatic rings. The Morgan fingerprint density at radius 3 is 2.50 bits per heavy atom. The summed E-state index contributed by atoms with van der Waals surface area (Å²) in [7, 11) is 4.07. The highest BCUT2D eigenvalue weighted by atomic mass is 35.5. The average Bonchev–Trinajstić information content (AvgIpc) is 2.29. The smallest absolute Gasteiger partial charge is 0.224 e. The summed E-state index contributed by atoms with van der Waals surface area (Å²) in [6, 6.07) is 7.37. The number of rotatable bonds is 6. The lowest BCUT2D eigenvalue weighted by molar-refractivity contribution is -0.120. The number of carbonyl (C=O) groups excluding carboxylic acids is 1. The molecule has 3 nitrogen and oxygen atoms in total. The van der Waals surface area contributed by atoms with Gasteiger partial charge in [0.15, 0.2) is 0 Å². The standard InChI is InChI=1S/C14H21ClN2O/c1-11(10-17(2)3)9-16-14(18)8-12-4-6-13(15)7-5-12/h4-7,11H,8-10H2,1-3H3,(H,16,18)/t11-/m0/s1. The number of nitrogens with one attached hydrogen (secondary N) is 1. The zero-order chi connectivity index (χ0) is 13.5. The lowest BCUT2D eigenvalue weighted by atomic mass is 10.1. The minimum atomic E-state index is 0.0583. The predicted octanol–water partition coefficient (Wildman–Crippen LogP) is 2.20. The molecule has 0 spiro atoms. The summed E-state index contributed by atoms with van der Waals surface area (Å²) in [5, 5.41) is 3.65. The number of carbonyl (C=O) groups is 1. The molecule has 0 aromatic heterocycles. The van der Waals surface area contributed by atoms with Gasteiger partial charge in [-0.2, -0.15) is 0 Å². The molecule has 1 atom stereocenters. The minimum Gasteiger partial charge on any atom is -0.355 e. The zero-order valence-corrected chi connectivity index (χ0v) is 12.0. The molecule has 4 heteroatoms. The monoisotopic (exact) mass is 268 g/mol. The van der Waals surface area contributed by atoms with Gasteiger partial charge in [-0.05, 0) is 37.7 Å². The maximum Gasteiger partial charge on any atom is 0.224 e. The Hall–Kier alpha value is -1.06. The van der Waals surface area contributed by atoms with E-state index in [1.54, 1.807) is 12.1 Å². The molecule has 100 valence electrons. The highest BCUT2D eigenvalue weighted by molar-refractivity contribution is 6.30. The molecule has 1 N–H and O–H groups in total. The van der Waals surface area contributed by atoms with Crippen LogP contribution in [0.4, 0.5) is 0 Å². The second-order valence-corrected chi connectivity index (χ2v) is 5.41. The molecule has 0 radical (unpaired) electrons. The first-order valence-corrected chi connectivity index (χ1v) is 6.51. The van der Waals surface area contributed by atoms with Crippen molar-refractivity contribution in [1.29, 1.82) is 0 Å². The number of benzene rings is 1. The SMILES string of the molecule is C[C@@H](CNC(=O)Cc1ccc(Cl)cc1)CN(C)C. The number of hydrogen-bond donors (Lipinski definition) is 1. The van der Waals surface area contributed by atoms with Crippen LogP contribution in [0, 0.1) is 5.92 Å². The molecule has 0 aliphatic rings. The van der Waals surface area contributed by atoms with Gasteiger partial charge in [-0.3, -0.25) is 4.79 Å². The second-order valence-electron chi connectivity index (χ2n) is 4.97. The van der Waals surface area contributed by atoms with Gasteiger partial charge in [0.1, 0.15) is 0 Å². The molecule has 1 aromatic carbocycles. The third-order valence-electron chi connectivity index (χ3n) is 2.60. The topological polar surface area (TPSA) is 32.3 Å². The summed E-state index contributed by atoms with van der Waals surface area (Å²) in [4.78, 5) is 13.9. The fourth-order valence-corrected chi connectivity index (χ4v) is 1.95. The predicted molar refractivity (Wildman–Crippen MR) is 75.9 cm³/mol. The summed E-state index contributed by atoms with van der Waals surface area (Å²) in [6.45, 7) is 3.81. The van der Waals surface area contributed by atoms with Crippen LogP contribution in [0.3, 0.4) is 0 Å². The molecule has 0 fully saturated rings. The first-order chi connectivity index (χ1) is 8.47. The summed E-state index contributed by atoms with van der Waals surface area (Å²) < 4.78 is 0. The van der Waals surface area contributed by atoms with E-state index in [0.717, 1.165) is 12.1 Å². The molecule has 0 aliphatic heterocycles. The highest BCUT2D eigenvalue weighted by Gasteiger charge is 2.07. The number of hydrogen-bond acceptors (Lipinski definition) is 2. The van der Waals surface area contributed by atoms with Crippen molar-refractivity contribution >= 4 is 17.5 Å². The van der Waals surface area contributed by atoms with Crippen molar-refractivity contribution in [1.82, 2.24) is 10.2 Å². The van der Waals surface area contributed by atoms with Gasteiger partial charge in [-0.25, -0.2) is 0 Å². The molecule has 1 rings (SSSR count). The lowest BCUT2D eigenvalue weighted by Crippen LogP contribution is -2.33. The number of amides is 1. The van der Waals surface area contributed by atoms with E-state index in [2.05, 4.69) is 17.1 Å².